The Hall–Kier alpha value is -7.11. The van der Waals surface area contributed by atoms with E-state index in [9.17, 15) is 0 Å². The number of hydrogen-bond donors (Lipinski definition) is 0. The van der Waals surface area contributed by atoms with Crippen molar-refractivity contribution in [1.29, 1.82) is 0 Å². The topological polar surface area (TPSA) is 65.0 Å². The van der Waals surface area contributed by atoms with Crippen LogP contribution in [0.15, 0.2) is 184 Å². The van der Waals surface area contributed by atoms with Gasteiger partial charge < -0.3 is 8.83 Å². The summed E-state index contributed by atoms with van der Waals surface area (Å²) in [6, 6.07) is 41.9. The summed E-state index contributed by atoms with van der Waals surface area (Å²) in [6.45, 7) is 0. The molecule has 9 aromatic rings. The molecule has 3 aliphatic rings. The number of hydrogen-bond acceptors (Lipinski definition) is 5. The molecule has 0 radical (unpaired) electrons. The minimum Gasteiger partial charge on any atom is -0.456 e. The summed E-state index contributed by atoms with van der Waals surface area (Å²) < 4.78 is 13.4. The number of aromatic nitrogens is 3. The number of allylic oxidation sites excluding steroid dienone is 10. The number of nitrogens with zero attached hydrogens (tertiary/aromatic N) is 3. The highest BCUT2D eigenvalue weighted by Gasteiger charge is 2.34. The number of para-hydroxylation sites is 2. The Morgan fingerprint density at radius 1 is 0.518 bits per heavy atom. The lowest BCUT2D eigenvalue weighted by Crippen LogP contribution is -2.27. The highest BCUT2D eigenvalue weighted by Crippen LogP contribution is 2.47. The van der Waals surface area contributed by atoms with E-state index in [1.807, 2.05) is 42.5 Å². The van der Waals surface area contributed by atoms with Crippen LogP contribution in [0.2, 0.25) is 0 Å². The Morgan fingerprint density at radius 3 is 2.11 bits per heavy atom. The average Bonchev–Trinajstić information content (AvgIpc) is 3.85. The van der Waals surface area contributed by atoms with E-state index < -0.39 is 0 Å². The summed E-state index contributed by atoms with van der Waals surface area (Å²) in [5, 5.41) is 6.49. The van der Waals surface area contributed by atoms with Gasteiger partial charge in [-0.3, -0.25) is 0 Å². The third kappa shape index (κ3) is 4.84. The lowest BCUT2D eigenvalue weighted by Gasteiger charge is -2.36. The molecule has 3 heterocycles. The van der Waals surface area contributed by atoms with Crippen LogP contribution in [0.1, 0.15) is 12.2 Å². The maximum atomic E-state index is 6.72. The lowest BCUT2D eigenvalue weighted by atomic mass is 9.68. The molecule has 264 valence electrons. The molecule has 3 aliphatic carbocycles. The zero-order chi connectivity index (χ0) is 36.7. The summed E-state index contributed by atoms with van der Waals surface area (Å²) in [6.07, 6.45) is 19.0. The van der Waals surface area contributed by atoms with E-state index in [2.05, 4.69) is 127 Å². The Balaban J connectivity index is 1.11. The lowest BCUT2D eigenvalue weighted by molar-refractivity contribution is 0.394. The zero-order valence-electron chi connectivity index (χ0n) is 30.3. The normalized spacial score (nSPS) is 18.8. The Labute approximate surface area is 322 Å². The van der Waals surface area contributed by atoms with Gasteiger partial charge in [0, 0.05) is 44.2 Å². The fourth-order valence-electron chi connectivity index (χ4n) is 9.24. The van der Waals surface area contributed by atoms with Crippen LogP contribution in [0, 0.1) is 17.8 Å². The Kier molecular flexibility index (Phi) is 6.81. The van der Waals surface area contributed by atoms with Crippen LogP contribution in [0.3, 0.4) is 0 Å². The van der Waals surface area contributed by atoms with Gasteiger partial charge in [-0.15, -0.1) is 0 Å². The average molecular weight is 720 g/mol. The molecule has 6 aromatic carbocycles. The first kappa shape index (κ1) is 31.3. The first-order valence-corrected chi connectivity index (χ1v) is 19.3. The monoisotopic (exact) mass is 719 g/mol. The molecule has 0 spiro atoms. The second kappa shape index (κ2) is 12.2. The van der Waals surface area contributed by atoms with Gasteiger partial charge in [-0.1, -0.05) is 140 Å². The second-order valence-corrected chi connectivity index (χ2v) is 15.1. The van der Waals surface area contributed by atoms with E-state index in [4.69, 9.17) is 23.8 Å². The van der Waals surface area contributed by atoms with Gasteiger partial charge in [-0.2, -0.15) is 0 Å². The molecule has 0 aliphatic heterocycles. The Bertz CT molecular complexity index is 3250. The van der Waals surface area contributed by atoms with Crippen LogP contribution in [0.25, 0.3) is 94.1 Å². The van der Waals surface area contributed by atoms with E-state index in [-0.39, 0.29) is 0 Å². The van der Waals surface area contributed by atoms with Crippen molar-refractivity contribution in [3.63, 3.8) is 0 Å². The van der Waals surface area contributed by atoms with Crippen molar-refractivity contribution in [3.05, 3.63) is 181 Å². The van der Waals surface area contributed by atoms with Gasteiger partial charge in [0.1, 0.15) is 22.3 Å². The maximum Gasteiger partial charge on any atom is 0.164 e. The van der Waals surface area contributed by atoms with Gasteiger partial charge >= 0.3 is 0 Å². The van der Waals surface area contributed by atoms with Crippen LogP contribution < -0.4 is 0 Å². The van der Waals surface area contributed by atoms with Crippen molar-refractivity contribution in [2.45, 2.75) is 6.42 Å². The molecule has 3 unspecified atom stereocenters. The number of fused-ring (bicyclic) bond motifs is 11. The number of benzene rings is 6. The zero-order valence-corrected chi connectivity index (χ0v) is 30.3. The first-order chi connectivity index (χ1) is 27.7. The van der Waals surface area contributed by atoms with Crippen molar-refractivity contribution in [2.75, 3.05) is 0 Å². The highest BCUT2D eigenvalue weighted by molar-refractivity contribution is 6.23. The third-order valence-corrected chi connectivity index (χ3v) is 11.9. The van der Waals surface area contributed by atoms with E-state index in [1.54, 1.807) is 0 Å². The SMILES string of the molecule is C1=CC2C=CC3=CC=C(c4nc(-c5ccccc5)nc(-c5cc(-c6cc7ccccc7c7c6oc6ccccc67)cc6oc7ccccc7c56)n4)CC3C2C=C1. The highest BCUT2D eigenvalue weighted by atomic mass is 16.3. The van der Waals surface area contributed by atoms with Gasteiger partial charge in [0.2, 0.25) is 0 Å². The van der Waals surface area contributed by atoms with Crippen molar-refractivity contribution >= 4 is 60.2 Å². The fourth-order valence-corrected chi connectivity index (χ4v) is 9.24. The number of furan rings is 2. The van der Waals surface area contributed by atoms with Crippen LogP contribution in [0.5, 0.6) is 0 Å². The van der Waals surface area contributed by atoms with Crippen molar-refractivity contribution in [1.82, 2.24) is 15.0 Å². The molecular formula is C51H33N3O2. The molecular weight excluding hydrogens is 687 g/mol. The molecule has 0 fully saturated rings. The van der Waals surface area contributed by atoms with E-state index in [0.29, 0.717) is 35.2 Å². The summed E-state index contributed by atoms with van der Waals surface area (Å²) in [5.41, 5.74) is 9.52. The van der Waals surface area contributed by atoms with E-state index >= 15 is 0 Å². The molecule has 5 nitrogen and oxygen atoms in total. The molecule has 0 bridgehead atoms. The molecule has 3 atom stereocenters. The van der Waals surface area contributed by atoms with Gasteiger partial charge in [0.05, 0.1) is 0 Å². The largest absolute Gasteiger partial charge is 0.456 e. The minimum absolute atomic E-state index is 0.346. The molecule has 5 heteroatoms. The van der Waals surface area contributed by atoms with Gasteiger partial charge in [-0.05, 0) is 76.1 Å². The van der Waals surface area contributed by atoms with Crippen LogP contribution >= 0.6 is 0 Å². The van der Waals surface area contributed by atoms with Crippen molar-refractivity contribution in [2.24, 2.45) is 17.8 Å². The summed E-state index contributed by atoms with van der Waals surface area (Å²) in [7, 11) is 0. The smallest absolute Gasteiger partial charge is 0.164 e. The van der Waals surface area contributed by atoms with Crippen molar-refractivity contribution in [3.8, 4) is 33.9 Å². The molecule has 12 rings (SSSR count). The molecule has 0 saturated heterocycles. The molecule has 0 saturated carbocycles. The molecule has 0 amide bonds. The predicted molar refractivity (Wildman–Crippen MR) is 227 cm³/mol. The standard InChI is InChI=1S/C51H33N3O2/c1-2-13-32(14-3-1)49-52-50(34-25-24-31-23-22-30-12-4-6-16-36(30)40(31)27-34)54-51(53-49)42-28-35(29-45-46(42)38-18-8-10-20-43(38)55-45)41-26-33-15-5-7-17-37(33)47-39-19-9-11-21-44(39)56-48(41)47/h1-26,28-30,36,40H,27H2. The van der Waals surface area contributed by atoms with Crippen molar-refractivity contribution < 1.29 is 8.83 Å². The third-order valence-electron chi connectivity index (χ3n) is 11.9. The first-order valence-electron chi connectivity index (χ1n) is 19.3. The predicted octanol–water partition coefficient (Wildman–Crippen LogP) is 13.1. The van der Waals surface area contributed by atoms with E-state index in [0.717, 1.165) is 88.9 Å². The van der Waals surface area contributed by atoms with Crippen LogP contribution in [-0.4, -0.2) is 15.0 Å². The molecule has 3 aromatic heterocycles. The molecule has 0 N–H and O–H groups in total. The minimum atomic E-state index is 0.346. The van der Waals surface area contributed by atoms with Crippen LogP contribution in [0.4, 0.5) is 0 Å². The van der Waals surface area contributed by atoms with Gasteiger partial charge in [0.15, 0.2) is 17.5 Å². The van der Waals surface area contributed by atoms with E-state index in [1.165, 1.54) is 5.57 Å². The summed E-state index contributed by atoms with van der Waals surface area (Å²) in [4.78, 5) is 15.8. The van der Waals surface area contributed by atoms with Gasteiger partial charge in [-0.25, -0.2) is 15.0 Å². The Morgan fingerprint density at radius 2 is 1.23 bits per heavy atom. The second-order valence-electron chi connectivity index (χ2n) is 15.1. The van der Waals surface area contributed by atoms with Crippen LogP contribution in [-0.2, 0) is 0 Å². The molecule has 56 heavy (non-hydrogen) atoms. The fraction of sp³-hybridized carbons (Fsp3) is 0.0784. The maximum absolute atomic E-state index is 6.72. The number of rotatable bonds is 4. The quantitative estimate of drug-likeness (QED) is 0.181. The summed E-state index contributed by atoms with van der Waals surface area (Å²) in [5.74, 6) is 3.09. The van der Waals surface area contributed by atoms with Gasteiger partial charge in [0.25, 0.3) is 0 Å². The summed E-state index contributed by atoms with van der Waals surface area (Å²) >= 11 is 0.